The maximum Gasteiger partial charge on any atom is 0.307 e. The monoisotopic (exact) mass is 469 g/mol. The van der Waals surface area contributed by atoms with Crippen molar-refractivity contribution in [1.29, 1.82) is 0 Å². The number of esters is 1. The Hall–Kier alpha value is -3.99. The minimum atomic E-state index is -0.509. The molecule has 0 fully saturated rings. The molecule has 10 nitrogen and oxygen atoms in total. The van der Waals surface area contributed by atoms with Gasteiger partial charge in [-0.3, -0.25) is 19.7 Å². The van der Waals surface area contributed by atoms with E-state index < -0.39 is 10.8 Å². The van der Waals surface area contributed by atoms with Crippen molar-refractivity contribution in [3.05, 3.63) is 63.0 Å². The van der Waals surface area contributed by atoms with Gasteiger partial charge in [0.15, 0.2) is 16.3 Å². The highest BCUT2D eigenvalue weighted by molar-refractivity contribution is 7.16. The summed E-state index contributed by atoms with van der Waals surface area (Å²) in [5, 5.41) is 10.8. The number of ether oxygens (including phenoxy) is 3. The third-order valence-corrected chi connectivity index (χ3v) is 5.79. The normalized spacial score (nSPS) is 13.1. The molecule has 0 saturated carbocycles. The molecule has 0 saturated heterocycles. The Kier molecular flexibility index (Phi) is 6.50. The molecule has 1 amide bonds. The minimum absolute atomic E-state index is 0.0315. The van der Waals surface area contributed by atoms with Crippen molar-refractivity contribution in [2.45, 2.75) is 19.9 Å². The van der Waals surface area contributed by atoms with Crippen molar-refractivity contribution in [3.63, 3.8) is 0 Å². The number of fused-ring (bicyclic) bond motifs is 2. The quantitative estimate of drug-likeness (QED) is 0.225. The first kappa shape index (κ1) is 22.2. The predicted octanol–water partition coefficient (Wildman–Crippen LogP) is 3.43. The van der Waals surface area contributed by atoms with E-state index in [1.54, 1.807) is 29.7 Å². The molecule has 0 aliphatic carbocycles. The van der Waals surface area contributed by atoms with Gasteiger partial charge in [0.05, 0.1) is 28.2 Å². The molecule has 33 heavy (non-hydrogen) atoms. The number of nitrogens with zero attached hydrogens (tertiary/aromatic N) is 3. The maximum atomic E-state index is 12.5. The summed E-state index contributed by atoms with van der Waals surface area (Å²) < 4.78 is 18.5. The summed E-state index contributed by atoms with van der Waals surface area (Å²) in [7, 11) is 0. The fourth-order valence-electron chi connectivity index (χ4n) is 3.20. The second-order valence-corrected chi connectivity index (χ2v) is 7.91. The van der Waals surface area contributed by atoms with Crippen molar-refractivity contribution in [1.82, 2.24) is 4.57 Å². The first-order valence-electron chi connectivity index (χ1n) is 10.0. The maximum absolute atomic E-state index is 12.5. The summed E-state index contributed by atoms with van der Waals surface area (Å²) in [6.07, 6.45) is 2.93. The van der Waals surface area contributed by atoms with Crippen LogP contribution in [-0.4, -0.2) is 34.8 Å². The van der Waals surface area contributed by atoms with Gasteiger partial charge in [0.2, 0.25) is 6.79 Å². The van der Waals surface area contributed by atoms with E-state index in [1.807, 2.05) is 6.07 Å². The highest BCUT2D eigenvalue weighted by Gasteiger charge is 2.18. The van der Waals surface area contributed by atoms with E-state index >= 15 is 0 Å². The third-order valence-electron chi connectivity index (χ3n) is 4.75. The number of thiazole rings is 1. The molecule has 11 heteroatoms. The SMILES string of the molecule is CCOC(=O)CCn1c(=NC(=O)/C=C/c2ccc([N+](=O)[O-])cc2)sc2cc3c(cc21)OCO3. The van der Waals surface area contributed by atoms with Gasteiger partial charge in [-0.1, -0.05) is 11.3 Å². The number of hydrogen-bond acceptors (Lipinski definition) is 8. The Morgan fingerprint density at radius 1 is 1.24 bits per heavy atom. The lowest BCUT2D eigenvalue weighted by molar-refractivity contribution is -0.384. The number of nitro benzene ring substituents is 1. The number of benzene rings is 2. The lowest BCUT2D eigenvalue weighted by Crippen LogP contribution is -2.19. The summed E-state index contributed by atoms with van der Waals surface area (Å²) in [4.78, 5) is 39.3. The van der Waals surface area contributed by atoms with Gasteiger partial charge in [0, 0.05) is 36.9 Å². The zero-order valence-electron chi connectivity index (χ0n) is 17.6. The van der Waals surface area contributed by atoms with Gasteiger partial charge in [-0.2, -0.15) is 4.99 Å². The Morgan fingerprint density at radius 3 is 2.67 bits per heavy atom. The molecular weight excluding hydrogens is 450 g/mol. The van der Waals surface area contributed by atoms with Crippen LogP contribution >= 0.6 is 11.3 Å². The molecule has 0 unspecified atom stereocenters. The molecule has 1 aliphatic rings. The van der Waals surface area contributed by atoms with Crippen LogP contribution < -0.4 is 14.3 Å². The van der Waals surface area contributed by atoms with Crippen molar-refractivity contribution in [2.24, 2.45) is 4.99 Å². The fraction of sp³-hybridized carbons (Fsp3) is 0.227. The molecule has 2 aromatic carbocycles. The molecule has 1 aliphatic heterocycles. The minimum Gasteiger partial charge on any atom is -0.466 e. The first-order valence-corrected chi connectivity index (χ1v) is 10.9. The van der Waals surface area contributed by atoms with Crippen LogP contribution in [0.5, 0.6) is 11.5 Å². The Labute approximate surface area is 191 Å². The average molecular weight is 469 g/mol. The number of rotatable bonds is 7. The molecule has 0 bridgehead atoms. The molecule has 4 rings (SSSR count). The summed E-state index contributed by atoms with van der Waals surface area (Å²) in [5.41, 5.74) is 1.36. The number of carbonyl (C=O) groups is 2. The largest absolute Gasteiger partial charge is 0.466 e. The molecule has 0 spiro atoms. The van der Waals surface area contributed by atoms with Gasteiger partial charge in [0.1, 0.15) is 0 Å². The predicted molar refractivity (Wildman–Crippen MR) is 120 cm³/mol. The second-order valence-electron chi connectivity index (χ2n) is 6.90. The van der Waals surface area contributed by atoms with Crippen LogP contribution in [0.4, 0.5) is 5.69 Å². The highest BCUT2D eigenvalue weighted by Crippen LogP contribution is 2.37. The van der Waals surface area contributed by atoms with Crippen LogP contribution in [0.15, 0.2) is 47.5 Å². The lowest BCUT2D eigenvalue weighted by atomic mass is 10.2. The number of aromatic nitrogens is 1. The number of amides is 1. The van der Waals surface area contributed by atoms with E-state index in [4.69, 9.17) is 14.2 Å². The molecular formula is C22H19N3O7S. The Morgan fingerprint density at radius 2 is 1.97 bits per heavy atom. The van der Waals surface area contributed by atoms with E-state index in [-0.39, 0.29) is 38.0 Å². The van der Waals surface area contributed by atoms with E-state index in [0.717, 1.165) is 10.2 Å². The zero-order chi connectivity index (χ0) is 23.4. The van der Waals surface area contributed by atoms with Crippen molar-refractivity contribution < 1.29 is 28.7 Å². The molecule has 3 aromatic rings. The fourth-order valence-corrected chi connectivity index (χ4v) is 4.28. The Bertz CT molecular complexity index is 1320. The third kappa shape index (κ3) is 5.09. The van der Waals surface area contributed by atoms with Crippen molar-refractivity contribution in [3.8, 4) is 11.5 Å². The van der Waals surface area contributed by atoms with Crippen LogP contribution in [-0.2, 0) is 20.9 Å². The van der Waals surface area contributed by atoms with Gasteiger partial charge in [0.25, 0.3) is 11.6 Å². The molecule has 1 aromatic heterocycles. The Balaban J connectivity index is 1.64. The number of carbonyl (C=O) groups excluding carboxylic acids is 2. The van der Waals surface area contributed by atoms with Gasteiger partial charge in [-0.15, -0.1) is 0 Å². The topological polar surface area (TPSA) is 122 Å². The summed E-state index contributed by atoms with van der Waals surface area (Å²) in [6.45, 7) is 2.44. The number of aryl methyl sites for hydroxylation is 1. The number of nitro groups is 1. The van der Waals surface area contributed by atoms with Crippen LogP contribution in [0.3, 0.4) is 0 Å². The van der Waals surface area contributed by atoms with E-state index in [1.165, 1.54) is 35.6 Å². The van der Waals surface area contributed by atoms with Crippen LogP contribution in [0.25, 0.3) is 16.3 Å². The van der Waals surface area contributed by atoms with Gasteiger partial charge in [-0.05, 0) is 30.7 Å². The van der Waals surface area contributed by atoms with Crippen LogP contribution in [0.1, 0.15) is 18.9 Å². The van der Waals surface area contributed by atoms with Crippen LogP contribution in [0, 0.1) is 10.1 Å². The summed E-state index contributed by atoms with van der Waals surface area (Å²) in [5.74, 6) is 0.337. The van der Waals surface area contributed by atoms with Gasteiger partial charge >= 0.3 is 5.97 Å². The van der Waals surface area contributed by atoms with E-state index in [2.05, 4.69) is 4.99 Å². The second kappa shape index (κ2) is 9.65. The summed E-state index contributed by atoms with van der Waals surface area (Å²) in [6, 6.07) is 9.43. The average Bonchev–Trinajstić information content (AvgIpc) is 3.38. The lowest BCUT2D eigenvalue weighted by Gasteiger charge is -2.06. The number of non-ortho nitro benzene ring substituents is 1. The molecule has 170 valence electrons. The smallest absolute Gasteiger partial charge is 0.307 e. The highest BCUT2D eigenvalue weighted by atomic mass is 32.1. The number of hydrogen-bond donors (Lipinski definition) is 0. The van der Waals surface area contributed by atoms with Gasteiger partial charge in [-0.25, -0.2) is 0 Å². The molecule has 2 heterocycles. The first-order chi connectivity index (χ1) is 15.9. The standard InChI is InChI=1S/C22H19N3O7S/c1-2-30-21(27)9-10-24-16-11-17-18(32-13-31-17)12-19(16)33-22(24)23-20(26)8-5-14-3-6-15(7-4-14)25(28)29/h3-8,11-12H,2,9-10,13H2,1H3/b8-5+,23-22?. The zero-order valence-corrected chi connectivity index (χ0v) is 18.4. The van der Waals surface area contributed by atoms with Crippen molar-refractivity contribution in [2.75, 3.05) is 13.4 Å². The molecule has 0 atom stereocenters. The molecule has 0 N–H and O–H groups in total. The molecule has 0 radical (unpaired) electrons. The van der Waals surface area contributed by atoms with Crippen LogP contribution in [0.2, 0.25) is 0 Å². The van der Waals surface area contributed by atoms with E-state index in [9.17, 15) is 19.7 Å². The van der Waals surface area contributed by atoms with Gasteiger partial charge < -0.3 is 18.8 Å². The van der Waals surface area contributed by atoms with Crippen molar-refractivity contribution >= 4 is 45.2 Å². The summed E-state index contributed by atoms with van der Waals surface area (Å²) >= 11 is 1.29. The van der Waals surface area contributed by atoms with E-state index in [0.29, 0.717) is 21.9 Å².